The molecule has 1 aromatic heterocycles. The number of rotatable bonds is 3. The summed E-state index contributed by atoms with van der Waals surface area (Å²) in [5.74, 6) is 1.46. The quantitative estimate of drug-likeness (QED) is 0.773. The van der Waals surface area contributed by atoms with Crippen molar-refractivity contribution >= 4 is 0 Å². The van der Waals surface area contributed by atoms with Gasteiger partial charge in [-0.25, -0.2) is 4.98 Å². The molecule has 0 unspecified atom stereocenters. The Bertz CT molecular complexity index is 317. The second-order valence-corrected chi connectivity index (χ2v) is 3.76. The van der Waals surface area contributed by atoms with E-state index in [-0.39, 0.29) is 5.41 Å². The number of hydrogen-bond donors (Lipinski definition) is 1. The number of hydrogen-bond acceptors (Lipinski definition) is 4. The van der Waals surface area contributed by atoms with Crippen LogP contribution in [0.3, 0.4) is 0 Å². The summed E-state index contributed by atoms with van der Waals surface area (Å²) in [5, 5.41) is 0. The van der Waals surface area contributed by atoms with Crippen molar-refractivity contribution in [2.45, 2.75) is 24.7 Å². The molecule has 76 valence electrons. The molecule has 4 heteroatoms. The van der Waals surface area contributed by atoms with Gasteiger partial charge in [-0.2, -0.15) is 4.98 Å². The smallest absolute Gasteiger partial charge is 0.216 e. The summed E-state index contributed by atoms with van der Waals surface area (Å²) in [6.45, 7) is 0.625. The third kappa shape index (κ3) is 1.35. The molecule has 0 bridgehead atoms. The SMILES string of the molecule is COc1ccnc(C2(CN)CCC2)n1. The average Bonchev–Trinajstić information content (AvgIpc) is 2.18. The van der Waals surface area contributed by atoms with Crippen molar-refractivity contribution in [3.8, 4) is 5.88 Å². The van der Waals surface area contributed by atoms with E-state index >= 15 is 0 Å². The number of aromatic nitrogens is 2. The Morgan fingerprint density at radius 2 is 2.36 bits per heavy atom. The van der Waals surface area contributed by atoms with Crippen LogP contribution < -0.4 is 10.5 Å². The van der Waals surface area contributed by atoms with Crippen molar-refractivity contribution in [3.63, 3.8) is 0 Å². The van der Waals surface area contributed by atoms with Crippen LogP contribution in [0.25, 0.3) is 0 Å². The van der Waals surface area contributed by atoms with Crippen molar-refractivity contribution < 1.29 is 4.74 Å². The van der Waals surface area contributed by atoms with Crippen LogP contribution in [0.15, 0.2) is 12.3 Å². The van der Waals surface area contributed by atoms with Crippen molar-refractivity contribution in [1.29, 1.82) is 0 Å². The maximum absolute atomic E-state index is 5.77. The zero-order valence-electron chi connectivity index (χ0n) is 8.36. The summed E-state index contributed by atoms with van der Waals surface area (Å²) in [7, 11) is 1.61. The lowest BCUT2D eigenvalue weighted by Gasteiger charge is -2.39. The Kier molecular flexibility index (Phi) is 2.37. The first-order valence-corrected chi connectivity index (χ1v) is 4.88. The van der Waals surface area contributed by atoms with E-state index in [1.807, 2.05) is 0 Å². The van der Waals surface area contributed by atoms with E-state index in [2.05, 4.69) is 9.97 Å². The standard InChI is InChI=1S/C10H15N3O/c1-14-8-3-6-12-9(13-8)10(7-11)4-2-5-10/h3,6H,2,4-5,7,11H2,1H3. The Morgan fingerprint density at radius 1 is 1.57 bits per heavy atom. The Balaban J connectivity index is 2.30. The second kappa shape index (κ2) is 3.53. The predicted molar refractivity (Wildman–Crippen MR) is 53.2 cm³/mol. The highest BCUT2D eigenvalue weighted by atomic mass is 16.5. The molecule has 1 fully saturated rings. The lowest BCUT2D eigenvalue weighted by Crippen LogP contribution is -2.43. The van der Waals surface area contributed by atoms with Gasteiger partial charge in [0, 0.05) is 24.2 Å². The van der Waals surface area contributed by atoms with Crippen molar-refractivity contribution in [2.75, 3.05) is 13.7 Å². The predicted octanol–water partition coefficient (Wildman–Crippen LogP) is 0.866. The molecule has 1 aromatic rings. The van der Waals surface area contributed by atoms with Crippen LogP contribution in [-0.4, -0.2) is 23.6 Å². The highest BCUT2D eigenvalue weighted by molar-refractivity contribution is 5.18. The van der Waals surface area contributed by atoms with E-state index in [1.54, 1.807) is 19.4 Å². The molecule has 1 heterocycles. The van der Waals surface area contributed by atoms with Gasteiger partial charge in [-0.3, -0.25) is 0 Å². The molecule has 0 spiro atoms. The average molecular weight is 193 g/mol. The normalized spacial score (nSPS) is 18.7. The molecule has 0 saturated heterocycles. The van der Waals surface area contributed by atoms with Crippen LogP contribution in [0, 0.1) is 0 Å². The molecule has 1 saturated carbocycles. The van der Waals surface area contributed by atoms with E-state index in [0.717, 1.165) is 18.7 Å². The van der Waals surface area contributed by atoms with E-state index < -0.39 is 0 Å². The van der Waals surface area contributed by atoms with Crippen LogP contribution in [0.1, 0.15) is 25.1 Å². The van der Waals surface area contributed by atoms with Crippen LogP contribution >= 0.6 is 0 Å². The van der Waals surface area contributed by atoms with Gasteiger partial charge in [0.25, 0.3) is 0 Å². The van der Waals surface area contributed by atoms with Crippen LogP contribution in [0.2, 0.25) is 0 Å². The van der Waals surface area contributed by atoms with Gasteiger partial charge in [0.1, 0.15) is 5.82 Å². The minimum Gasteiger partial charge on any atom is -0.481 e. The zero-order valence-corrected chi connectivity index (χ0v) is 8.36. The maximum atomic E-state index is 5.77. The molecule has 0 radical (unpaired) electrons. The van der Waals surface area contributed by atoms with E-state index in [4.69, 9.17) is 10.5 Å². The molecule has 4 nitrogen and oxygen atoms in total. The monoisotopic (exact) mass is 193 g/mol. The van der Waals surface area contributed by atoms with E-state index in [0.29, 0.717) is 12.4 Å². The number of nitrogens with zero attached hydrogens (tertiary/aromatic N) is 2. The van der Waals surface area contributed by atoms with Crippen LogP contribution in [-0.2, 0) is 5.41 Å². The highest BCUT2D eigenvalue weighted by Crippen LogP contribution is 2.41. The summed E-state index contributed by atoms with van der Waals surface area (Å²) in [6, 6.07) is 1.76. The fraction of sp³-hybridized carbons (Fsp3) is 0.600. The summed E-state index contributed by atoms with van der Waals surface area (Å²) < 4.78 is 5.07. The summed E-state index contributed by atoms with van der Waals surface area (Å²) in [4.78, 5) is 8.62. The molecule has 0 aromatic carbocycles. The summed E-state index contributed by atoms with van der Waals surface area (Å²) >= 11 is 0. The zero-order chi connectivity index (χ0) is 10.0. The molecule has 1 aliphatic rings. The minimum atomic E-state index is 0.0224. The van der Waals surface area contributed by atoms with Crippen LogP contribution in [0.5, 0.6) is 5.88 Å². The van der Waals surface area contributed by atoms with Gasteiger partial charge in [0.15, 0.2) is 0 Å². The summed E-state index contributed by atoms with van der Waals surface area (Å²) in [5.41, 5.74) is 5.79. The van der Waals surface area contributed by atoms with Crippen molar-refractivity contribution in [1.82, 2.24) is 9.97 Å². The Labute approximate surface area is 83.5 Å². The first-order chi connectivity index (χ1) is 6.80. The first-order valence-electron chi connectivity index (χ1n) is 4.88. The Hall–Kier alpha value is -1.16. The van der Waals surface area contributed by atoms with E-state index in [1.165, 1.54) is 6.42 Å². The first kappa shape index (κ1) is 9.40. The molecule has 14 heavy (non-hydrogen) atoms. The van der Waals surface area contributed by atoms with Crippen molar-refractivity contribution in [3.05, 3.63) is 18.1 Å². The minimum absolute atomic E-state index is 0.0224. The molecule has 0 aliphatic heterocycles. The molecule has 2 rings (SSSR count). The molecule has 0 amide bonds. The molecular formula is C10H15N3O. The third-order valence-corrected chi connectivity index (χ3v) is 3.01. The van der Waals surface area contributed by atoms with Gasteiger partial charge in [0.05, 0.1) is 7.11 Å². The van der Waals surface area contributed by atoms with Gasteiger partial charge in [-0.1, -0.05) is 6.42 Å². The molecule has 2 N–H and O–H groups in total. The van der Waals surface area contributed by atoms with Gasteiger partial charge in [-0.05, 0) is 12.8 Å². The molecule has 0 atom stereocenters. The molecular weight excluding hydrogens is 178 g/mol. The van der Waals surface area contributed by atoms with Gasteiger partial charge in [-0.15, -0.1) is 0 Å². The maximum Gasteiger partial charge on any atom is 0.216 e. The van der Waals surface area contributed by atoms with Gasteiger partial charge < -0.3 is 10.5 Å². The third-order valence-electron chi connectivity index (χ3n) is 3.01. The van der Waals surface area contributed by atoms with Gasteiger partial charge in [0.2, 0.25) is 5.88 Å². The fourth-order valence-electron chi connectivity index (χ4n) is 1.83. The number of methoxy groups -OCH3 is 1. The largest absolute Gasteiger partial charge is 0.481 e. The van der Waals surface area contributed by atoms with Crippen molar-refractivity contribution in [2.24, 2.45) is 5.73 Å². The lowest BCUT2D eigenvalue weighted by atomic mass is 9.68. The highest BCUT2D eigenvalue weighted by Gasteiger charge is 2.40. The topological polar surface area (TPSA) is 61.0 Å². The summed E-state index contributed by atoms with van der Waals surface area (Å²) in [6.07, 6.45) is 5.14. The Morgan fingerprint density at radius 3 is 2.86 bits per heavy atom. The van der Waals surface area contributed by atoms with Crippen LogP contribution in [0.4, 0.5) is 0 Å². The molecule has 1 aliphatic carbocycles. The number of ether oxygens (including phenoxy) is 1. The fourth-order valence-corrected chi connectivity index (χ4v) is 1.83. The number of nitrogens with two attached hydrogens (primary N) is 1. The van der Waals surface area contributed by atoms with E-state index in [9.17, 15) is 0 Å². The second-order valence-electron chi connectivity index (χ2n) is 3.76. The van der Waals surface area contributed by atoms with Gasteiger partial charge >= 0.3 is 0 Å². The lowest BCUT2D eigenvalue weighted by molar-refractivity contribution is 0.235.